The minimum atomic E-state index is -0.677. The van der Waals surface area contributed by atoms with Crippen LogP contribution in [0.15, 0.2) is 60.3 Å². The van der Waals surface area contributed by atoms with E-state index in [1.165, 1.54) is 30.2 Å². The molecule has 0 bridgehead atoms. The highest BCUT2D eigenvalue weighted by atomic mass is 16.6. The van der Waals surface area contributed by atoms with Gasteiger partial charge >= 0.3 is 5.97 Å². The van der Waals surface area contributed by atoms with Crippen molar-refractivity contribution in [2.24, 2.45) is 0 Å². The maximum atomic E-state index is 13.8. The molecule has 0 saturated heterocycles. The van der Waals surface area contributed by atoms with Crippen LogP contribution in [0.2, 0.25) is 0 Å². The summed E-state index contributed by atoms with van der Waals surface area (Å²) in [5.41, 5.74) is 1.57. The zero-order valence-corrected chi connectivity index (χ0v) is 20.2. The average molecular weight is 491 g/mol. The number of nitro groups is 1. The molecule has 0 fully saturated rings. The Hall–Kier alpha value is -4.38. The van der Waals surface area contributed by atoms with E-state index in [0.29, 0.717) is 35.6 Å². The van der Waals surface area contributed by atoms with Crippen molar-refractivity contribution in [3.8, 4) is 0 Å². The Morgan fingerprint density at radius 1 is 1.08 bits per heavy atom. The first-order chi connectivity index (χ1) is 17.3. The zero-order chi connectivity index (χ0) is 25.8. The molecule has 2 aromatic carbocycles. The second-order valence-electron chi connectivity index (χ2n) is 8.54. The molecule has 0 atom stereocenters. The largest absolute Gasteiger partial charge is 0.466 e. The molecule has 3 aromatic rings. The van der Waals surface area contributed by atoms with Crippen LogP contribution in [-0.4, -0.2) is 66.0 Å². The van der Waals surface area contributed by atoms with E-state index < -0.39 is 16.8 Å². The number of benzene rings is 2. The van der Waals surface area contributed by atoms with Crippen molar-refractivity contribution in [2.75, 3.05) is 44.1 Å². The van der Waals surface area contributed by atoms with Crippen LogP contribution in [0, 0.1) is 10.1 Å². The molecule has 1 aromatic heterocycles. The number of hydrogen-bond donors (Lipinski definition) is 0. The van der Waals surface area contributed by atoms with Crippen LogP contribution in [0.25, 0.3) is 11.0 Å². The Kier molecular flexibility index (Phi) is 7.20. The van der Waals surface area contributed by atoms with Gasteiger partial charge in [0.2, 0.25) is 0 Å². The number of carbonyl (C=O) groups excluding carboxylic acids is 2. The second kappa shape index (κ2) is 10.5. The maximum absolute atomic E-state index is 13.8. The maximum Gasteiger partial charge on any atom is 0.332 e. The molecule has 2 heterocycles. The van der Waals surface area contributed by atoms with E-state index in [1.807, 2.05) is 49.3 Å². The van der Waals surface area contributed by atoms with Crippen LogP contribution in [0.4, 0.5) is 17.3 Å². The van der Waals surface area contributed by atoms with Gasteiger partial charge in [0.15, 0.2) is 11.6 Å². The topological polar surface area (TPSA) is 122 Å². The molecule has 11 nitrogen and oxygen atoms in total. The standard InChI is InChI=1S/C25H26N6O5/c1-28(2)12-7-13-29-21(15-22(32)36-3)25(33)30(16-17-8-5-4-6-9-17)24-23(29)27-20-14-18(31(34)35)10-11-19(20)26-24/h4-6,8-11,14-15H,7,12-13,16H2,1-3H3/b21-15+. The van der Waals surface area contributed by atoms with Crippen molar-refractivity contribution < 1.29 is 19.2 Å². The summed E-state index contributed by atoms with van der Waals surface area (Å²) < 4.78 is 4.81. The quantitative estimate of drug-likeness (QED) is 0.203. The van der Waals surface area contributed by atoms with Crippen LogP contribution < -0.4 is 9.80 Å². The Balaban J connectivity index is 1.91. The summed E-state index contributed by atoms with van der Waals surface area (Å²) in [5, 5.41) is 11.3. The van der Waals surface area contributed by atoms with Crippen molar-refractivity contribution in [2.45, 2.75) is 13.0 Å². The van der Waals surface area contributed by atoms with Gasteiger partial charge < -0.3 is 14.5 Å². The lowest BCUT2D eigenvalue weighted by molar-refractivity contribution is -0.384. The van der Waals surface area contributed by atoms with Crippen molar-refractivity contribution in [3.05, 3.63) is 76.0 Å². The predicted molar refractivity (Wildman–Crippen MR) is 134 cm³/mol. The molecular formula is C25H26N6O5. The minimum Gasteiger partial charge on any atom is -0.466 e. The third-order valence-electron chi connectivity index (χ3n) is 5.72. The average Bonchev–Trinajstić information content (AvgIpc) is 2.87. The fourth-order valence-electron chi connectivity index (χ4n) is 3.96. The van der Waals surface area contributed by atoms with E-state index in [9.17, 15) is 19.7 Å². The number of anilines is 2. The van der Waals surface area contributed by atoms with E-state index in [2.05, 4.69) is 0 Å². The number of rotatable bonds is 8. The third-order valence-corrected chi connectivity index (χ3v) is 5.72. The second-order valence-corrected chi connectivity index (χ2v) is 8.54. The van der Waals surface area contributed by atoms with Gasteiger partial charge in [0.1, 0.15) is 5.70 Å². The lowest BCUT2D eigenvalue weighted by Crippen LogP contribution is -2.45. The summed E-state index contributed by atoms with van der Waals surface area (Å²) in [4.78, 5) is 51.4. The van der Waals surface area contributed by atoms with Crippen LogP contribution in [0.3, 0.4) is 0 Å². The van der Waals surface area contributed by atoms with Crippen molar-refractivity contribution in [1.29, 1.82) is 0 Å². The highest BCUT2D eigenvalue weighted by Crippen LogP contribution is 2.37. The highest BCUT2D eigenvalue weighted by molar-refractivity contribution is 6.14. The molecule has 186 valence electrons. The number of fused-ring (bicyclic) bond motifs is 2. The van der Waals surface area contributed by atoms with Gasteiger partial charge in [-0.1, -0.05) is 30.3 Å². The number of amides is 1. The molecular weight excluding hydrogens is 464 g/mol. The molecule has 0 N–H and O–H groups in total. The van der Waals surface area contributed by atoms with Gasteiger partial charge in [-0.05, 0) is 38.7 Å². The van der Waals surface area contributed by atoms with Gasteiger partial charge in [-0.3, -0.25) is 19.8 Å². The normalized spacial score (nSPS) is 14.4. The molecule has 1 aliphatic heterocycles. The Bertz CT molecular complexity index is 1340. The molecule has 36 heavy (non-hydrogen) atoms. The number of nitrogens with zero attached hydrogens (tertiary/aromatic N) is 6. The summed E-state index contributed by atoms with van der Waals surface area (Å²) >= 11 is 0. The van der Waals surface area contributed by atoms with Gasteiger partial charge in [-0.2, -0.15) is 0 Å². The van der Waals surface area contributed by atoms with Crippen LogP contribution in [-0.2, 0) is 20.9 Å². The van der Waals surface area contributed by atoms with E-state index in [4.69, 9.17) is 14.7 Å². The van der Waals surface area contributed by atoms with E-state index in [0.717, 1.165) is 18.2 Å². The molecule has 1 aliphatic rings. The fraction of sp³-hybridized carbons (Fsp3) is 0.280. The lowest BCUT2D eigenvalue weighted by Gasteiger charge is -2.37. The van der Waals surface area contributed by atoms with E-state index in [1.54, 1.807) is 4.90 Å². The number of hydrogen-bond acceptors (Lipinski definition) is 9. The fourth-order valence-corrected chi connectivity index (χ4v) is 3.96. The molecule has 11 heteroatoms. The van der Waals surface area contributed by atoms with Crippen LogP contribution in [0.1, 0.15) is 12.0 Å². The molecule has 0 spiro atoms. The molecule has 0 radical (unpaired) electrons. The van der Waals surface area contributed by atoms with Gasteiger partial charge in [0, 0.05) is 18.7 Å². The highest BCUT2D eigenvalue weighted by Gasteiger charge is 2.37. The number of ether oxygens (including phenoxy) is 1. The van der Waals surface area contributed by atoms with Crippen molar-refractivity contribution in [1.82, 2.24) is 14.9 Å². The first-order valence-electron chi connectivity index (χ1n) is 11.3. The summed E-state index contributed by atoms with van der Waals surface area (Å²) in [5.74, 6) is -0.440. The monoisotopic (exact) mass is 490 g/mol. The zero-order valence-electron chi connectivity index (χ0n) is 20.2. The number of esters is 1. The smallest absolute Gasteiger partial charge is 0.332 e. The number of methoxy groups -OCH3 is 1. The summed E-state index contributed by atoms with van der Waals surface area (Å²) in [6.07, 6.45) is 1.81. The molecule has 1 amide bonds. The predicted octanol–water partition coefficient (Wildman–Crippen LogP) is 2.90. The van der Waals surface area contributed by atoms with Gasteiger partial charge in [0.05, 0.1) is 35.7 Å². The molecule has 0 unspecified atom stereocenters. The third kappa shape index (κ3) is 5.15. The van der Waals surface area contributed by atoms with Crippen molar-refractivity contribution in [3.63, 3.8) is 0 Å². The van der Waals surface area contributed by atoms with E-state index in [-0.39, 0.29) is 17.9 Å². The lowest BCUT2D eigenvalue weighted by atomic mass is 10.1. The Morgan fingerprint density at radius 2 is 1.78 bits per heavy atom. The molecule has 0 saturated carbocycles. The Labute approximate surface area is 207 Å². The van der Waals surface area contributed by atoms with Gasteiger partial charge in [-0.25, -0.2) is 14.8 Å². The summed E-state index contributed by atoms with van der Waals surface area (Å²) in [6.45, 7) is 1.30. The van der Waals surface area contributed by atoms with Crippen molar-refractivity contribution >= 4 is 40.2 Å². The van der Waals surface area contributed by atoms with Gasteiger partial charge in [0.25, 0.3) is 11.6 Å². The van der Waals surface area contributed by atoms with Crippen LogP contribution >= 0.6 is 0 Å². The first-order valence-corrected chi connectivity index (χ1v) is 11.3. The number of nitro benzene ring substituents is 1. The van der Waals surface area contributed by atoms with Crippen LogP contribution in [0.5, 0.6) is 0 Å². The Morgan fingerprint density at radius 3 is 2.44 bits per heavy atom. The van der Waals surface area contributed by atoms with E-state index >= 15 is 0 Å². The van der Waals surface area contributed by atoms with Gasteiger partial charge in [-0.15, -0.1) is 0 Å². The first kappa shape index (κ1) is 24.7. The SMILES string of the molecule is COC(=O)/C=C1\C(=O)N(Cc2ccccc2)c2nc3ccc([N+](=O)[O-])cc3nc2N1CCCN(C)C. The number of non-ortho nitro benzene ring substituents is 1. The summed E-state index contributed by atoms with van der Waals surface area (Å²) in [7, 11) is 5.12. The molecule has 4 rings (SSSR count). The minimum absolute atomic E-state index is 0.100. The molecule has 0 aliphatic carbocycles. The number of carbonyl (C=O) groups is 2. The summed E-state index contributed by atoms with van der Waals surface area (Å²) in [6, 6.07) is 13.6. The number of aromatic nitrogens is 2.